The molecule has 2 rings (SSSR count). The molecule has 0 saturated carbocycles. The van der Waals surface area contributed by atoms with Crippen LogP contribution >= 0.6 is 0 Å². The average Bonchev–Trinajstić information content (AvgIpc) is 2.43. The van der Waals surface area contributed by atoms with Gasteiger partial charge >= 0.3 is 5.97 Å². The maximum atomic E-state index is 11.5. The van der Waals surface area contributed by atoms with Crippen molar-refractivity contribution in [1.29, 1.82) is 0 Å². The Hall–Kier alpha value is -1.68. The summed E-state index contributed by atoms with van der Waals surface area (Å²) in [5, 5.41) is 8.98. The predicted molar refractivity (Wildman–Crippen MR) is 76.6 cm³/mol. The molecule has 108 valence electrons. The summed E-state index contributed by atoms with van der Waals surface area (Å²) in [6, 6.07) is 7.73. The van der Waals surface area contributed by atoms with Crippen molar-refractivity contribution in [3.63, 3.8) is 0 Å². The molecule has 1 fully saturated rings. The molecule has 0 amide bonds. The summed E-state index contributed by atoms with van der Waals surface area (Å²) in [5.74, 6) is -0.806. The number of hydrogen-bond acceptors (Lipinski definition) is 3. The van der Waals surface area contributed by atoms with Crippen LogP contribution in [0.4, 0.5) is 0 Å². The van der Waals surface area contributed by atoms with E-state index in [1.807, 2.05) is 31.2 Å². The van der Waals surface area contributed by atoms with Gasteiger partial charge in [-0.25, -0.2) is 0 Å². The lowest BCUT2D eigenvalue weighted by molar-refractivity contribution is -0.138. The smallest absolute Gasteiger partial charge is 0.310 e. The standard InChI is InChI=1S/C16H21NO3/c1-11-9-17(8-7-15(11)18)10-13-3-5-14(6-4-13)12(2)16(19)20/h3-6,11-12H,7-10H2,1-2H3,(H,19,20). The highest BCUT2D eigenvalue weighted by Crippen LogP contribution is 2.19. The maximum absolute atomic E-state index is 11.5. The molecule has 1 heterocycles. The molecule has 0 spiro atoms. The second-order valence-corrected chi connectivity index (χ2v) is 5.65. The van der Waals surface area contributed by atoms with Crippen LogP contribution in [-0.4, -0.2) is 34.8 Å². The lowest BCUT2D eigenvalue weighted by atomic mass is 9.97. The zero-order valence-corrected chi connectivity index (χ0v) is 12.0. The van der Waals surface area contributed by atoms with E-state index < -0.39 is 11.9 Å². The van der Waals surface area contributed by atoms with Crippen molar-refractivity contribution >= 4 is 11.8 Å². The van der Waals surface area contributed by atoms with Gasteiger partial charge < -0.3 is 5.11 Å². The van der Waals surface area contributed by atoms with Gasteiger partial charge in [0.15, 0.2) is 0 Å². The summed E-state index contributed by atoms with van der Waals surface area (Å²) in [7, 11) is 0. The van der Waals surface area contributed by atoms with Crippen LogP contribution in [0.1, 0.15) is 37.3 Å². The first-order valence-corrected chi connectivity index (χ1v) is 7.04. The van der Waals surface area contributed by atoms with E-state index in [-0.39, 0.29) is 5.92 Å². The number of nitrogens with zero attached hydrogens (tertiary/aromatic N) is 1. The van der Waals surface area contributed by atoms with Gasteiger partial charge in [-0.15, -0.1) is 0 Å². The number of carbonyl (C=O) groups is 2. The predicted octanol–water partition coefficient (Wildman–Crippen LogP) is 2.29. The maximum Gasteiger partial charge on any atom is 0.310 e. The molecule has 4 heteroatoms. The van der Waals surface area contributed by atoms with E-state index in [1.165, 1.54) is 0 Å². The van der Waals surface area contributed by atoms with E-state index >= 15 is 0 Å². The molecule has 2 atom stereocenters. The monoisotopic (exact) mass is 275 g/mol. The second-order valence-electron chi connectivity index (χ2n) is 5.65. The number of ketones is 1. The minimum Gasteiger partial charge on any atom is -0.481 e. The van der Waals surface area contributed by atoms with Crippen LogP contribution < -0.4 is 0 Å². The third-order valence-corrected chi connectivity index (χ3v) is 4.01. The molecule has 1 aromatic carbocycles. The number of piperidine rings is 1. The SMILES string of the molecule is CC1CN(Cc2ccc(C(C)C(=O)O)cc2)CCC1=O. The van der Waals surface area contributed by atoms with Gasteiger partial charge in [-0.05, 0) is 18.1 Å². The average molecular weight is 275 g/mol. The van der Waals surface area contributed by atoms with Crippen LogP contribution in [0.15, 0.2) is 24.3 Å². The molecule has 4 nitrogen and oxygen atoms in total. The number of carbonyl (C=O) groups excluding carboxylic acids is 1. The van der Waals surface area contributed by atoms with Crippen molar-refractivity contribution in [2.24, 2.45) is 5.92 Å². The van der Waals surface area contributed by atoms with Crippen molar-refractivity contribution in [2.45, 2.75) is 32.7 Å². The zero-order valence-electron chi connectivity index (χ0n) is 12.0. The van der Waals surface area contributed by atoms with Gasteiger partial charge in [-0.3, -0.25) is 14.5 Å². The van der Waals surface area contributed by atoms with Crippen LogP contribution in [0, 0.1) is 5.92 Å². The van der Waals surface area contributed by atoms with Crippen molar-refractivity contribution < 1.29 is 14.7 Å². The molecule has 0 radical (unpaired) electrons. The van der Waals surface area contributed by atoms with Gasteiger partial charge in [-0.1, -0.05) is 31.2 Å². The first kappa shape index (κ1) is 14.7. The molecule has 0 bridgehead atoms. The molecule has 1 aliphatic heterocycles. The van der Waals surface area contributed by atoms with Gasteiger partial charge in [0, 0.05) is 32.0 Å². The van der Waals surface area contributed by atoms with Gasteiger partial charge in [0.05, 0.1) is 5.92 Å². The molecule has 2 unspecified atom stereocenters. The fourth-order valence-corrected chi connectivity index (χ4v) is 2.55. The van der Waals surface area contributed by atoms with Gasteiger partial charge in [0.2, 0.25) is 0 Å². The van der Waals surface area contributed by atoms with Crippen LogP contribution in [0.5, 0.6) is 0 Å². The van der Waals surface area contributed by atoms with Gasteiger partial charge in [-0.2, -0.15) is 0 Å². The lowest BCUT2D eigenvalue weighted by Gasteiger charge is -2.30. The Morgan fingerprint density at radius 1 is 1.40 bits per heavy atom. The first-order chi connectivity index (χ1) is 9.47. The summed E-state index contributed by atoms with van der Waals surface area (Å²) >= 11 is 0. The second kappa shape index (κ2) is 6.18. The molecule has 1 aliphatic rings. The highest BCUT2D eigenvalue weighted by Gasteiger charge is 2.23. The number of likely N-dealkylation sites (tertiary alicyclic amines) is 1. The van der Waals surface area contributed by atoms with Gasteiger partial charge in [0.25, 0.3) is 0 Å². The van der Waals surface area contributed by atoms with Crippen molar-refractivity contribution in [3.05, 3.63) is 35.4 Å². The summed E-state index contributed by atoms with van der Waals surface area (Å²) in [6.45, 7) is 6.11. The van der Waals surface area contributed by atoms with E-state index in [2.05, 4.69) is 4.90 Å². The lowest BCUT2D eigenvalue weighted by Crippen LogP contribution is -2.38. The number of Topliss-reactive ketones (excluding diaryl/α,β-unsaturated/α-hetero) is 1. The Morgan fingerprint density at radius 3 is 2.60 bits per heavy atom. The van der Waals surface area contributed by atoms with Crippen LogP contribution in [0.2, 0.25) is 0 Å². The van der Waals surface area contributed by atoms with Crippen LogP contribution in [0.3, 0.4) is 0 Å². The summed E-state index contributed by atoms with van der Waals surface area (Å²) in [6.07, 6.45) is 0.634. The van der Waals surface area contributed by atoms with E-state index in [4.69, 9.17) is 5.11 Å². The molecular weight excluding hydrogens is 254 g/mol. The summed E-state index contributed by atoms with van der Waals surface area (Å²) in [5.41, 5.74) is 1.98. The molecule has 20 heavy (non-hydrogen) atoms. The largest absolute Gasteiger partial charge is 0.481 e. The fourth-order valence-electron chi connectivity index (χ4n) is 2.55. The Morgan fingerprint density at radius 2 is 2.05 bits per heavy atom. The quantitative estimate of drug-likeness (QED) is 0.916. The number of carboxylic acids is 1. The topological polar surface area (TPSA) is 57.6 Å². The van der Waals surface area contributed by atoms with Crippen LogP contribution in [0.25, 0.3) is 0 Å². The number of benzene rings is 1. The zero-order chi connectivity index (χ0) is 14.7. The minimum absolute atomic E-state index is 0.120. The number of aliphatic carboxylic acids is 1. The minimum atomic E-state index is -0.805. The molecule has 1 saturated heterocycles. The molecule has 1 aromatic rings. The van der Waals surface area contributed by atoms with Crippen molar-refractivity contribution in [1.82, 2.24) is 4.90 Å². The molecule has 0 aromatic heterocycles. The number of hydrogen-bond donors (Lipinski definition) is 1. The normalized spacial score (nSPS) is 21.7. The Balaban J connectivity index is 1.97. The van der Waals surface area contributed by atoms with E-state index in [0.29, 0.717) is 12.2 Å². The van der Waals surface area contributed by atoms with E-state index in [0.717, 1.165) is 30.8 Å². The number of carboxylic acid groups (broad SMARTS) is 1. The number of rotatable bonds is 4. The van der Waals surface area contributed by atoms with Gasteiger partial charge in [0.1, 0.15) is 5.78 Å². The Labute approximate surface area is 119 Å². The third kappa shape index (κ3) is 3.45. The molecule has 0 aliphatic carbocycles. The Kier molecular flexibility index (Phi) is 4.55. The van der Waals surface area contributed by atoms with Crippen molar-refractivity contribution in [2.75, 3.05) is 13.1 Å². The van der Waals surface area contributed by atoms with Crippen molar-refractivity contribution in [3.8, 4) is 0 Å². The highest BCUT2D eigenvalue weighted by molar-refractivity contribution is 5.81. The summed E-state index contributed by atoms with van der Waals surface area (Å²) < 4.78 is 0. The fraction of sp³-hybridized carbons (Fsp3) is 0.500. The first-order valence-electron chi connectivity index (χ1n) is 7.04. The van der Waals surface area contributed by atoms with Crippen LogP contribution in [-0.2, 0) is 16.1 Å². The third-order valence-electron chi connectivity index (χ3n) is 4.01. The Bertz CT molecular complexity index is 495. The van der Waals surface area contributed by atoms with E-state index in [9.17, 15) is 9.59 Å². The summed E-state index contributed by atoms with van der Waals surface area (Å²) in [4.78, 5) is 24.7. The molecule has 1 N–H and O–H groups in total. The van der Waals surface area contributed by atoms with E-state index in [1.54, 1.807) is 6.92 Å². The highest BCUT2D eigenvalue weighted by atomic mass is 16.4. The molecular formula is C16H21NO3.